The van der Waals surface area contributed by atoms with Crippen molar-refractivity contribution < 1.29 is 29.3 Å². The van der Waals surface area contributed by atoms with Gasteiger partial charge in [-0.2, -0.15) is 0 Å². The number of hydrogen-bond donors (Lipinski definition) is 2. The van der Waals surface area contributed by atoms with Gasteiger partial charge in [-0.1, -0.05) is 26.8 Å². The molecule has 166 valence electrons. The number of aliphatic hydroxyl groups excluding tert-OH is 1. The molecule has 0 bridgehead atoms. The van der Waals surface area contributed by atoms with Crippen molar-refractivity contribution in [2.75, 3.05) is 6.61 Å². The lowest BCUT2D eigenvalue weighted by atomic mass is 9.44. The number of carbonyl (C=O) groups is 3. The van der Waals surface area contributed by atoms with Gasteiger partial charge in [-0.3, -0.25) is 14.4 Å². The molecule has 0 heterocycles. The highest BCUT2D eigenvalue weighted by atomic mass is 16.5. The van der Waals surface area contributed by atoms with Crippen molar-refractivity contribution in [1.29, 1.82) is 0 Å². The third kappa shape index (κ3) is 2.79. The van der Waals surface area contributed by atoms with Gasteiger partial charge in [0.25, 0.3) is 0 Å². The van der Waals surface area contributed by atoms with Gasteiger partial charge in [0.2, 0.25) is 5.78 Å². The first-order valence-electron chi connectivity index (χ1n) is 11.2. The van der Waals surface area contributed by atoms with Gasteiger partial charge in [-0.15, -0.1) is 0 Å². The summed E-state index contributed by atoms with van der Waals surface area (Å²) in [5.74, 6) is -0.625. The zero-order valence-corrected chi connectivity index (χ0v) is 18.4. The maximum absolute atomic E-state index is 13.1. The average Bonchev–Trinajstić information content (AvgIpc) is 2.87. The Morgan fingerprint density at radius 3 is 2.63 bits per heavy atom. The second kappa shape index (κ2) is 6.99. The van der Waals surface area contributed by atoms with Crippen LogP contribution >= 0.6 is 0 Å². The monoisotopic (exact) mass is 418 g/mol. The largest absolute Gasteiger partial charge is 0.458 e. The minimum atomic E-state index is -1.63. The second-order valence-corrected chi connectivity index (χ2v) is 10.7. The maximum Gasteiger partial charge on any atom is 0.303 e. The minimum Gasteiger partial charge on any atom is -0.458 e. The predicted octanol–water partition coefficient (Wildman–Crippen LogP) is 2.45. The first kappa shape index (κ1) is 21.7. The first-order valence-corrected chi connectivity index (χ1v) is 11.2. The topological polar surface area (TPSA) is 101 Å². The highest BCUT2D eigenvalue weighted by molar-refractivity contribution is 5.92. The fourth-order valence-electron chi connectivity index (χ4n) is 7.96. The van der Waals surface area contributed by atoms with E-state index in [-0.39, 0.29) is 40.8 Å². The first-order chi connectivity index (χ1) is 13.9. The van der Waals surface area contributed by atoms with Crippen LogP contribution in [0.2, 0.25) is 0 Å². The number of rotatable bonds is 3. The fraction of sp³-hybridized carbons (Fsp3) is 0.792. The van der Waals surface area contributed by atoms with Crippen LogP contribution in [-0.2, 0) is 19.1 Å². The Hall–Kier alpha value is -1.53. The molecule has 4 aliphatic rings. The molecule has 4 rings (SSSR count). The number of fused-ring (bicyclic) bond motifs is 5. The molecule has 3 saturated carbocycles. The Labute approximate surface area is 178 Å². The number of allylic oxidation sites excluding steroid dienone is 2. The van der Waals surface area contributed by atoms with Crippen LogP contribution in [0, 0.1) is 40.4 Å². The van der Waals surface area contributed by atoms with Crippen LogP contribution in [0.1, 0.15) is 59.8 Å². The van der Waals surface area contributed by atoms with Crippen molar-refractivity contribution in [3.05, 3.63) is 12.2 Å². The molecule has 6 heteroatoms. The normalized spacial score (nSPS) is 49.7. The molecule has 0 aliphatic heterocycles. The van der Waals surface area contributed by atoms with Gasteiger partial charge in [0, 0.05) is 18.8 Å². The summed E-state index contributed by atoms with van der Waals surface area (Å²) in [7, 11) is 0. The summed E-state index contributed by atoms with van der Waals surface area (Å²) in [5.41, 5.74) is -2.65. The van der Waals surface area contributed by atoms with Crippen LogP contribution in [0.3, 0.4) is 0 Å². The highest BCUT2D eigenvalue weighted by Gasteiger charge is 2.70. The molecule has 0 aromatic rings. The summed E-state index contributed by atoms with van der Waals surface area (Å²) in [4.78, 5) is 36.3. The van der Waals surface area contributed by atoms with Crippen LogP contribution in [0.25, 0.3) is 0 Å². The molecule has 0 spiro atoms. The van der Waals surface area contributed by atoms with Gasteiger partial charge in [0.05, 0.1) is 6.10 Å². The molecule has 2 N–H and O–H groups in total. The number of carbonyl (C=O) groups excluding carboxylic acids is 3. The van der Waals surface area contributed by atoms with Gasteiger partial charge in [-0.25, -0.2) is 0 Å². The van der Waals surface area contributed by atoms with Crippen molar-refractivity contribution in [3.8, 4) is 0 Å². The Morgan fingerprint density at radius 1 is 1.27 bits per heavy atom. The number of esters is 1. The van der Waals surface area contributed by atoms with E-state index < -0.39 is 35.5 Å². The lowest BCUT2D eigenvalue weighted by Gasteiger charge is -2.61. The number of Topliss-reactive ketones (excluding diaryl/α,β-unsaturated/α-hetero) is 1. The van der Waals surface area contributed by atoms with Crippen molar-refractivity contribution in [2.45, 2.75) is 71.5 Å². The van der Waals surface area contributed by atoms with Crippen LogP contribution in [0.4, 0.5) is 0 Å². The lowest BCUT2D eigenvalue weighted by molar-refractivity contribution is -0.194. The van der Waals surface area contributed by atoms with E-state index in [9.17, 15) is 24.6 Å². The van der Waals surface area contributed by atoms with Crippen molar-refractivity contribution >= 4 is 17.5 Å². The Bertz CT molecular complexity index is 804. The summed E-state index contributed by atoms with van der Waals surface area (Å²) in [6.07, 6.45) is 6.40. The fourth-order valence-corrected chi connectivity index (χ4v) is 7.96. The number of ketones is 2. The average molecular weight is 419 g/mol. The van der Waals surface area contributed by atoms with Crippen LogP contribution in [-0.4, -0.2) is 46.1 Å². The van der Waals surface area contributed by atoms with Gasteiger partial charge >= 0.3 is 5.97 Å². The van der Waals surface area contributed by atoms with E-state index in [1.165, 1.54) is 6.92 Å². The smallest absolute Gasteiger partial charge is 0.303 e. The summed E-state index contributed by atoms with van der Waals surface area (Å²) >= 11 is 0. The van der Waals surface area contributed by atoms with E-state index in [0.29, 0.717) is 19.3 Å². The predicted molar refractivity (Wildman–Crippen MR) is 109 cm³/mol. The molecular formula is C24H34O6. The molecule has 4 aliphatic carbocycles. The molecule has 0 unspecified atom stereocenters. The number of hydrogen-bond acceptors (Lipinski definition) is 6. The molecule has 0 radical (unpaired) electrons. The molecule has 3 fully saturated rings. The Morgan fingerprint density at radius 2 is 1.97 bits per heavy atom. The molecule has 0 aromatic carbocycles. The second-order valence-electron chi connectivity index (χ2n) is 10.7. The van der Waals surface area contributed by atoms with Crippen LogP contribution in [0.5, 0.6) is 0 Å². The Kier molecular flexibility index (Phi) is 5.06. The van der Waals surface area contributed by atoms with Crippen molar-refractivity contribution in [2.24, 2.45) is 40.4 Å². The molecule has 0 aromatic heterocycles. The van der Waals surface area contributed by atoms with E-state index in [1.54, 1.807) is 6.08 Å². The minimum absolute atomic E-state index is 0.0109. The summed E-state index contributed by atoms with van der Waals surface area (Å²) < 4.78 is 4.93. The van der Waals surface area contributed by atoms with E-state index in [0.717, 1.165) is 12.8 Å². The number of ether oxygens (including phenoxy) is 1. The van der Waals surface area contributed by atoms with Crippen LogP contribution < -0.4 is 0 Å². The Balaban J connectivity index is 1.69. The highest BCUT2D eigenvalue weighted by Crippen LogP contribution is 2.68. The number of aliphatic hydroxyl groups is 2. The zero-order valence-electron chi connectivity index (χ0n) is 18.4. The van der Waals surface area contributed by atoms with E-state index in [4.69, 9.17) is 4.74 Å². The van der Waals surface area contributed by atoms with E-state index >= 15 is 0 Å². The van der Waals surface area contributed by atoms with Crippen molar-refractivity contribution in [3.63, 3.8) is 0 Å². The quantitative estimate of drug-likeness (QED) is 0.683. The molecule has 0 saturated heterocycles. The van der Waals surface area contributed by atoms with Crippen molar-refractivity contribution in [1.82, 2.24) is 0 Å². The van der Waals surface area contributed by atoms with E-state index in [1.807, 2.05) is 19.9 Å². The molecule has 30 heavy (non-hydrogen) atoms. The van der Waals surface area contributed by atoms with Gasteiger partial charge in [0.15, 0.2) is 12.4 Å². The molecule has 0 amide bonds. The molecular weight excluding hydrogens is 384 g/mol. The zero-order chi connectivity index (χ0) is 22.1. The lowest BCUT2D eigenvalue weighted by Crippen LogP contribution is -2.63. The van der Waals surface area contributed by atoms with E-state index in [2.05, 4.69) is 6.92 Å². The molecule has 9 atom stereocenters. The van der Waals surface area contributed by atoms with Gasteiger partial charge in [0.1, 0.15) is 5.60 Å². The van der Waals surface area contributed by atoms with Gasteiger partial charge < -0.3 is 14.9 Å². The SMILES string of the molecule is CC(=O)OCC(=O)[C@@]1(O)[C@H](C)C[C@@H]2[C@@H]3CC[C@@H]4CC(=O)C=C[C@]4(C)[C@@H]3[C@H](O)C[C@]21C. The van der Waals surface area contributed by atoms with Crippen LogP contribution in [0.15, 0.2) is 12.2 Å². The summed E-state index contributed by atoms with van der Waals surface area (Å²) in [6, 6.07) is 0. The third-order valence-corrected chi connectivity index (χ3v) is 9.39. The molecule has 6 nitrogen and oxygen atoms in total. The third-order valence-electron chi connectivity index (χ3n) is 9.39. The standard InChI is InChI=1S/C24H34O6/c1-13-9-18-17-6-5-15-10-16(26)7-8-22(15,3)21(17)19(27)11-23(18,4)24(13,29)20(28)12-30-14(2)25/h7-8,13,15,17-19,21,27,29H,5-6,9-12H2,1-4H3/t13-,15-,17+,18-,19-,21+,22+,23-,24+/m1/s1. The van der Waals surface area contributed by atoms with Gasteiger partial charge in [-0.05, 0) is 66.8 Å². The summed E-state index contributed by atoms with van der Waals surface area (Å²) in [5, 5.41) is 23.1. The maximum atomic E-state index is 13.1. The summed E-state index contributed by atoms with van der Waals surface area (Å²) in [6.45, 7) is 6.80.